The largest absolute Gasteiger partial charge is 0.433 e. The number of hydrogen-bond donors (Lipinski definition) is 2. The van der Waals surface area contributed by atoms with Gasteiger partial charge in [0.15, 0.2) is 0 Å². The summed E-state index contributed by atoms with van der Waals surface area (Å²) in [5, 5.41) is 3.25. The number of carbonyl (C=O) groups is 1. The molecule has 1 aliphatic carbocycles. The van der Waals surface area contributed by atoms with Crippen molar-refractivity contribution in [1.29, 1.82) is 0 Å². The molecule has 24 heavy (non-hydrogen) atoms. The molecule has 0 radical (unpaired) electrons. The summed E-state index contributed by atoms with van der Waals surface area (Å²) in [6.45, 7) is 2.41. The second kappa shape index (κ2) is 6.23. The van der Waals surface area contributed by atoms with Gasteiger partial charge in [-0.05, 0) is 43.2 Å². The SMILES string of the molecule is CCCNC(=O)c1sc2nc(C(F)(F)F)c3c(c2c1N)CCCC3. The zero-order valence-corrected chi connectivity index (χ0v) is 14.0. The van der Waals surface area contributed by atoms with Crippen LogP contribution in [0.15, 0.2) is 0 Å². The molecule has 4 nitrogen and oxygen atoms in total. The Hall–Kier alpha value is -1.83. The highest BCUT2D eigenvalue weighted by molar-refractivity contribution is 7.21. The van der Waals surface area contributed by atoms with E-state index in [1.54, 1.807) is 0 Å². The van der Waals surface area contributed by atoms with Crippen molar-refractivity contribution in [3.05, 3.63) is 21.7 Å². The van der Waals surface area contributed by atoms with E-state index in [1.165, 1.54) is 0 Å². The van der Waals surface area contributed by atoms with Crippen molar-refractivity contribution in [1.82, 2.24) is 10.3 Å². The first-order chi connectivity index (χ1) is 11.3. The number of amides is 1. The van der Waals surface area contributed by atoms with Crippen LogP contribution in [-0.4, -0.2) is 17.4 Å². The van der Waals surface area contributed by atoms with Gasteiger partial charge in [-0.3, -0.25) is 4.79 Å². The van der Waals surface area contributed by atoms with Gasteiger partial charge in [0, 0.05) is 11.9 Å². The molecule has 8 heteroatoms. The molecule has 0 spiro atoms. The quantitative estimate of drug-likeness (QED) is 0.875. The second-order valence-corrected chi connectivity index (χ2v) is 6.90. The molecule has 0 saturated heterocycles. The van der Waals surface area contributed by atoms with Gasteiger partial charge in [-0.1, -0.05) is 6.92 Å². The molecule has 3 N–H and O–H groups in total. The summed E-state index contributed by atoms with van der Waals surface area (Å²) in [4.78, 5) is 16.5. The first-order valence-corrected chi connectivity index (χ1v) is 8.75. The number of rotatable bonds is 3. The Morgan fingerprint density at radius 1 is 1.29 bits per heavy atom. The number of thiophene rings is 1. The van der Waals surface area contributed by atoms with Crippen molar-refractivity contribution < 1.29 is 18.0 Å². The number of fused-ring (bicyclic) bond motifs is 3. The number of pyridine rings is 1. The lowest BCUT2D eigenvalue weighted by Crippen LogP contribution is -2.23. The molecule has 0 aliphatic heterocycles. The fraction of sp³-hybridized carbons (Fsp3) is 0.500. The summed E-state index contributed by atoms with van der Waals surface area (Å²) in [6.07, 6.45) is -1.33. The summed E-state index contributed by atoms with van der Waals surface area (Å²) in [5.74, 6) is -0.351. The number of carbonyl (C=O) groups excluding carboxylic acids is 1. The number of aromatic nitrogens is 1. The molecule has 0 unspecified atom stereocenters. The minimum Gasteiger partial charge on any atom is -0.397 e. The Morgan fingerprint density at radius 2 is 1.96 bits per heavy atom. The van der Waals surface area contributed by atoms with E-state index in [2.05, 4.69) is 10.3 Å². The first-order valence-electron chi connectivity index (χ1n) is 7.93. The zero-order valence-electron chi connectivity index (χ0n) is 13.2. The highest BCUT2D eigenvalue weighted by Crippen LogP contribution is 2.43. The maximum atomic E-state index is 13.4. The summed E-state index contributed by atoms with van der Waals surface area (Å²) in [7, 11) is 0. The fourth-order valence-corrected chi connectivity index (χ4v) is 4.18. The van der Waals surface area contributed by atoms with Crippen molar-refractivity contribution >= 4 is 33.1 Å². The maximum Gasteiger partial charge on any atom is 0.433 e. The van der Waals surface area contributed by atoms with E-state index in [0.29, 0.717) is 36.8 Å². The minimum absolute atomic E-state index is 0.196. The molecular weight excluding hydrogens is 339 g/mol. The monoisotopic (exact) mass is 357 g/mol. The van der Waals surface area contributed by atoms with Gasteiger partial charge in [0.2, 0.25) is 0 Å². The van der Waals surface area contributed by atoms with Crippen LogP contribution in [0, 0.1) is 0 Å². The van der Waals surface area contributed by atoms with Gasteiger partial charge in [0.25, 0.3) is 5.91 Å². The minimum atomic E-state index is -4.50. The zero-order chi connectivity index (χ0) is 17.5. The average Bonchev–Trinajstić information content (AvgIpc) is 2.88. The lowest BCUT2D eigenvalue weighted by molar-refractivity contribution is -0.141. The van der Waals surface area contributed by atoms with E-state index >= 15 is 0 Å². The molecular formula is C16H18F3N3OS. The van der Waals surface area contributed by atoms with E-state index in [4.69, 9.17) is 5.73 Å². The van der Waals surface area contributed by atoms with Crippen LogP contribution in [0.5, 0.6) is 0 Å². The smallest absolute Gasteiger partial charge is 0.397 e. The van der Waals surface area contributed by atoms with Gasteiger partial charge >= 0.3 is 6.18 Å². The van der Waals surface area contributed by atoms with Crippen LogP contribution in [0.2, 0.25) is 0 Å². The van der Waals surface area contributed by atoms with Crippen LogP contribution in [0.25, 0.3) is 10.2 Å². The molecule has 3 rings (SSSR count). The number of nitrogens with one attached hydrogen (secondary N) is 1. The molecule has 2 aromatic rings. The Morgan fingerprint density at radius 3 is 2.58 bits per heavy atom. The normalized spacial score (nSPS) is 14.7. The number of nitrogen functional groups attached to an aromatic ring is 1. The summed E-state index contributed by atoms with van der Waals surface area (Å²) >= 11 is 0.937. The predicted octanol–water partition coefficient (Wildman–Crippen LogP) is 3.92. The van der Waals surface area contributed by atoms with Gasteiger partial charge in [0.1, 0.15) is 15.4 Å². The molecule has 130 valence electrons. The number of halogens is 3. The number of nitrogens with two attached hydrogens (primary N) is 1. The van der Waals surface area contributed by atoms with Crippen LogP contribution in [-0.2, 0) is 19.0 Å². The van der Waals surface area contributed by atoms with E-state index in [-0.39, 0.29) is 26.9 Å². The second-order valence-electron chi connectivity index (χ2n) is 5.90. The molecule has 1 amide bonds. The highest BCUT2D eigenvalue weighted by Gasteiger charge is 2.38. The lowest BCUT2D eigenvalue weighted by atomic mass is 9.88. The van der Waals surface area contributed by atoms with Crippen LogP contribution >= 0.6 is 11.3 Å². The molecule has 2 aromatic heterocycles. The Labute approximate surface area is 141 Å². The van der Waals surface area contributed by atoms with Crippen molar-refractivity contribution in [2.45, 2.75) is 45.2 Å². The topological polar surface area (TPSA) is 68.0 Å². The van der Waals surface area contributed by atoms with Gasteiger partial charge in [0.05, 0.1) is 5.69 Å². The van der Waals surface area contributed by atoms with E-state index in [1.807, 2.05) is 6.92 Å². The summed E-state index contributed by atoms with van der Waals surface area (Å²) in [5.41, 5.74) is 6.40. The number of aryl methyl sites for hydroxylation is 1. The number of anilines is 1. The highest BCUT2D eigenvalue weighted by atomic mass is 32.1. The molecule has 0 bridgehead atoms. The van der Waals surface area contributed by atoms with E-state index in [9.17, 15) is 18.0 Å². The average molecular weight is 357 g/mol. The van der Waals surface area contributed by atoms with Crippen molar-refractivity contribution in [2.75, 3.05) is 12.3 Å². The Kier molecular flexibility index (Phi) is 4.42. The molecule has 0 aromatic carbocycles. The van der Waals surface area contributed by atoms with Crippen LogP contribution in [0.3, 0.4) is 0 Å². The van der Waals surface area contributed by atoms with E-state index in [0.717, 1.165) is 24.2 Å². The van der Waals surface area contributed by atoms with Crippen LogP contribution in [0.1, 0.15) is 52.7 Å². The van der Waals surface area contributed by atoms with E-state index < -0.39 is 11.9 Å². The van der Waals surface area contributed by atoms with Gasteiger partial charge in [-0.15, -0.1) is 11.3 Å². The van der Waals surface area contributed by atoms with Crippen molar-refractivity contribution in [3.63, 3.8) is 0 Å². The third-order valence-electron chi connectivity index (χ3n) is 4.21. The third kappa shape index (κ3) is 2.83. The number of alkyl halides is 3. The number of hydrogen-bond acceptors (Lipinski definition) is 4. The number of nitrogens with zero attached hydrogens (tertiary/aromatic N) is 1. The lowest BCUT2D eigenvalue weighted by Gasteiger charge is -2.21. The Balaban J connectivity index is 2.21. The fourth-order valence-electron chi connectivity index (χ4n) is 3.14. The predicted molar refractivity (Wildman–Crippen MR) is 88.3 cm³/mol. The molecule has 0 atom stereocenters. The van der Waals surface area contributed by atoms with Crippen LogP contribution in [0.4, 0.5) is 18.9 Å². The molecule has 2 heterocycles. The van der Waals surface area contributed by atoms with Gasteiger partial charge in [-0.2, -0.15) is 13.2 Å². The molecule has 0 saturated carbocycles. The molecule has 0 fully saturated rings. The maximum absolute atomic E-state index is 13.4. The van der Waals surface area contributed by atoms with Crippen LogP contribution < -0.4 is 11.1 Å². The van der Waals surface area contributed by atoms with Crippen molar-refractivity contribution in [3.8, 4) is 0 Å². The van der Waals surface area contributed by atoms with Crippen molar-refractivity contribution in [2.24, 2.45) is 0 Å². The standard InChI is InChI=1S/C16H18F3N3OS/c1-2-7-21-14(23)12-11(20)10-8-5-3-4-6-9(8)13(16(17,18)19)22-15(10)24-12/h2-7,20H2,1H3,(H,21,23). The first kappa shape index (κ1) is 17.0. The van der Waals surface area contributed by atoms with Gasteiger partial charge in [-0.25, -0.2) is 4.98 Å². The van der Waals surface area contributed by atoms with Gasteiger partial charge < -0.3 is 11.1 Å². The molecule has 1 aliphatic rings. The Bertz CT molecular complexity index is 798. The summed E-state index contributed by atoms with van der Waals surface area (Å²) in [6, 6.07) is 0. The third-order valence-corrected chi connectivity index (χ3v) is 5.30. The summed E-state index contributed by atoms with van der Waals surface area (Å²) < 4.78 is 40.1.